The lowest BCUT2D eigenvalue weighted by Crippen LogP contribution is -2.46. The molecule has 1 aliphatic rings. The molecule has 1 saturated heterocycles. The van der Waals surface area contributed by atoms with Gasteiger partial charge < -0.3 is 24.3 Å². The summed E-state index contributed by atoms with van der Waals surface area (Å²) in [6.45, 7) is 3.92. The summed E-state index contributed by atoms with van der Waals surface area (Å²) in [7, 11) is 6.49. The Morgan fingerprint density at radius 3 is 1.45 bits per heavy atom. The first-order valence-electron chi connectivity index (χ1n) is 9.68. The van der Waals surface area contributed by atoms with Crippen molar-refractivity contribution in [1.29, 1.82) is 0 Å². The minimum atomic E-state index is -0.201. The topological polar surface area (TPSA) is 66.0 Å². The van der Waals surface area contributed by atoms with Crippen molar-refractivity contribution >= 4 is 5.78 Å². The Kier molecular flexibility index (Phi) is 6.33. The van der Waals surface area contributed by atoms with Crippen LogP contribution in [0.3, 0.4) is 0 Å². The molecule has 29 heavy (non-hydrogen) atoms. The Balaban J connectivity index is 2.03. The molecule has 1 N–H and O–H groups in total. The largest absolute Gasteiger partial charge is 0.497 e. The molecule has 6 nitrogen and oxygen atoms in total. The molecule has 1 heterocycles. The minimum Gasteiger partial charge on any atom is -0.497 e. The van der Waals surface area contributed by atoms with E-state index in [1.807, 2.05) is 50.2 Å². The molecule has 0 bridgehead atoms. The lowest BCUT2D eigenvalue weighted by molar-refractivity contribution is -0.130. The Labute approximate surface area is 172 Å². The molecule has 0 amide bonds. The Hall–Kier alpha value is -2.73. The van der Waals surface area contributed by atoms with Gasteiger partial charge in [-0.2, -0.15) is 0 Å². The van der Waals surface area contributed by atoms with E-state index in [1.54, 1.807) is 28.4 Å². The van der Waals surface area contributed by atoms with Crippen LogP contribution in [0.25, 0.3) is 0 Å². The van der Waals surface area contributed by atoms with Gasteiger partial charge in [-0.25, -0.2) is 0 Å². The summed E-state index contributed by atoms with van der Waals surface area (Å²) >= 11 is 0. The van der Waals surface area contributed by atoms with Crippen LogP contribution in [0.2, 0.25) is 0 Å². The lowest BCUT2D eigenvalue weighted by Gasteiger charge is -2.40. The second-order valence-electron chi connectivity index (χ2n) is 7.32. The van der Waals surface area contributed by atoms with Gasteiger partial charge in [0.1, 0.15) is 28.8 Å². The molecular weight excluding hydrogens is 370 g/mol. The minimum absolute atomic E-state index is 0.198. The molecule has 0 aromatic heterocycles. The summed E-state index contributed by atoms with van der Waals surface area (Å²) in [5, 5.41) is 3.68. The van der Waals surface area contributed by atoms with E-state index in [1.165, 1.54) is 0 Å². The molecule has 0 saturated carbocycles. The summed E-state index contributed by atoms with van der Waals surface area (Å²) in [6, 6.07) is 11.0. The molecule has 1 fully saturated rings. The van der Waals surface area contributed by atoms with Crippen molar-refractivity contribution < 1.29 is 23.7 Å². The number of piperidine rings is 1. The molecule has 4 atom stereocenters. The van der Waals surface area contributed by atoms with Crippen molar-refractivity contribution in [3.63, 3.8) is 0 Å². The number of benzene rings is 2. The zero-order valence-electron chi connectivity index (χ0n) is 17.8. The summed E-state index contributed by atoms with van der Waals surface area (Å²) in [5.41, 5.74) is 1.86. The molecule has 3 rings (SSSR count). The van der Waals surface area contributed by atoms with Crippen LogP contribution in [-0.2, 0) is 4.79 Å². The average molecular weight is 399 g/mol. The third-order valence-electron chi connectivity index (χ3n) is 5.81. The number of rotatable bonds is 6. The van der Waals surface area contributed by atoms with E-state index in [0.717, 1.165) is 11.1 Å². The van der Waals surface area contributed by atoms with Crippen LogP contribution in [0.1, 0.15) is 37.1 Å². The lowest BCUT2D eigenvalue weighted by atomic mass is 9.76. The van der Waals surface area contributed by atoms with E-state index in [-0.39, 0.29) is 29.7 Å². The number of ketones is 1. The highest BCUT2D eigenvalue weighted by atomic mass is 16.5. The van der Waals surface area contributed by atoms with Crippen LogP contribution in [-0.4, -0.2) is 34.2 Å². The summed E-state index contributed by atoms with van der Waals surface area (Å²) < 4.78 is 21.8. The number of hydrogen-bond donors (Lipinski definition) is 1. The van der Waals surface area contributed by atoms with Crippen molar-refractivity contribution in [2.45, 2.75) is 25.9 Å². The first-order chi connectivity index (χ1) is 13.9. The van der Waals surface area contributed by atoms with Gasteiger partial charge in [-0.05, 0) is 12.1 Å². The van der Waals surface area contributed by atoms with Gasteiger partial charge in [-0.15, -0.1) is 0 Å². The first kappa shape index (κ1) is 21.0. The maximum atomic E-state index is 13.2. The summed E-state index contributed by atoms with van der Waals surface area (Å²) in [5.74, 6) is 2.60. The van der Waals surface area contributed by atoms with Gasteiger partial charge >= 0.3 is 0 Å². The van der Waals surface area contributed by atoms with E-state index in [2.05, 4.69) is 5.32 Å². The van der Waals surface area contributed by atoms with Crippen LogP contribution in [0.4, 0.5) is 0 Å². The van der Waals surface area contributed by atoms with Crippen LogP contribution >= 0.6 is 0 Å². The van der Waals surface area contributed by atoms with Crippen molar-refractivity contribution in [2.75, 3.05) is 28.4 Å². The second-order valence-corrected chi connectivity index (χ2v) is 7.32. The standard InChI is InChI=1S/C23H29NO5/c1-13-21(17-9-7-15(26-3)11-19(17)28-5)24-22(14(2)23(13)25)18-10-8-16(27-4)12-20(18)29-6/h7-14,21-22,24H,1-6H3/t13-,14-,21-,22-/m1/s1. The van der Waals surface area contributed by atoms with Gasteiger partial charge in [-0.1, -0.05) is 26.0 Å². The molecule has 0 unspecified atom stereocenters. The average Bonchev–Trinajstić information content (AvgIpc) is 2.77. The zero-order valence-corrected chi connectivity index (χ0v) is 17.8. The maximum absolute atomic E-state index is 13.2. The normalized spacial score (nSPS) is 24.1. The van der Waals surface area contributed by atoms with Gasteiger partial charge in [0, 0.05) is 47.2 Å². The molecule has 156 valence electrons. The third kappa shape index (κ3) is 3.90. The van der Waals surface area contributed by atoms with Crippen molar-refractivity contribution in [3.8, 4) is 23.0 Å². The fourth-order valence-electron chi connectivity index (χ4n) is 4.09. The van der Waals surface area contributed by atoms with Crippen LogP contribution in [0, 0.1) is 11.8 Å². The van der Waals surface area contributed by atoms with Gasteiger partial charge in [0.15, 0.2) is 0 Å². The quantitative estimate of drug-likeness (QED) is 0.794. The third-order valence-corrected chi connectivity index (χ3v) is 5.81. The predicted molar refractivity (Wildman–Crippen MR) is 111 cm³/mol. The fraction of sp³-hybridized carbons (Fsp3) is 0.435. The van der Waals surface area contributed by atoms with Crippen molar-refractivity contribution in [2.24, 2.45) is 11.8 Å². The Morgan fingerprint density at radius 2 is 1.10 bits per heavy atom. The SMILES string of the molecule is COc1ccc([C@@H]2N[C@@H](c3ccc(OC)cc3OC)[C@@H](C)C(=O)[C@@H]2C)c(OC)c1. The van der Waals surface area contributed by atoms with E-state index in [9.17, 15) is 4.79 Å². The van der Waals surface area contributed by atoms with Gasteiger partial charge in [0.25, 0.3) is 0 Å². The van der Waals surface area contributed by atoms with Crippen LogP contribution in [0.15, 0.2) is 36.4 Å². The van der Waals surface area contributed by atoms with Crippen LogP contribution in [0.5, 0.6) is 23.0 Å². The highest BCUT2D eigenvalue weighted by Gasteiger charge is 2.42. The molecule has 0 spiro atoms. The Morgan fingerprint density at radius 1 is 0.690 bits per heavy atom. The van der Waals surface area contributed by atoms with E-state index in [4.69, 9.17) is 18.9 Å². The van der Waals surface area contributed by atoms with E-state index < -0.39 is 0 Å². The molecule has 2 aromatic rings. The molecule has 0 aliphatic carbocycles. The number of Topliss-reactive ketones (excluding diaryl/α,β-unsaturated/α-hetero) is 1. The summed E-state index contributed by atoms with van der Waals surface area (Å²) in [6.07, 6.45) is 0. The molecule has 1 aliphatic heterocycles. The number of carbonyl (C=O) groups excluding carboxylic acids is 1. The van der Waals surface area contributed by atoms with E-state index in [0.29, 0.717) is 23.0 Å². The molecule has 6 heteroatoms. The molecular formula is C23H29NO5. The number of methoxy groups -OCH3 is 4. The smallest absolute Gasteiger partial charge is 0.142 e. The fourth-order valence-corrected chi connectivity index (χ4v) is 4.09. The summed E-state index contributed by atoms with van der Waals surface area (Å²) in [4.78, 5) is 13.2. The number of ether oxygens (including phenoxy) is 4. The van der Waals surface area contributed by atoms with Gasteiger partial charge in [-0.3, -0.25) is 4.79 Å². The molecule has 2 aromatic carbocycles. The van der Waals surface area contributed by atoms with Crippen molar-refractivity contribution in [1.82, 2.24) is 5.32 Å². The van der Waals surface area contributed by atoms with Crippen molar-refractivity contribution in [3.05, 3.63) is 47.5 Å². The Bertz CT molecular complexity index is 812. The maximum Gasteiger partial charge on any atom is 0.142 e. The highest BCUT2D eigenvalue weighted by molar-refractivity contribution is 5.86. The second kappa shape index (κ2) is 8.74. The van der Waals surface area contributed by atoms with Crippen LogP contribution < -0.4 is 24.3 Å². The van der Waals surface area contributed by atoms with Gasteiger partial charge in [0.05, 0.1) is 28.4 Å². The number of nitrogens with one attached hydrogen (secondary N) is 1. The first-order valence-corrected chi connectivity index (χ1v) is 9.68. The number of hydrogen-bond acceptors (Lipinski definition) is 6. The van der Waals surface area contributed by atoms with Gasteiger partial charge in [0.2, 0.25) is 0 Å². The zero-order chi connectivity index (χ0) is 21.1. The molecule has 0 radical (unpaired) electrons. The van der Waals surface area contributed by atoms with E-state index >= 15 is 0 Å². The predicted octanol–water partition coefficient (Wildman–Crippen LogP) is 3.95. The highest BCUT2D eigenvalue weighted by Crippen LogP contribution is 2.44. The number of carbonyl (C=O) groups is 1. The monoisotopic (exact) mass is 399 g/mol.